The van der Waals surface area contributed by atoms with E-state index in [4.69, 9.17) is 4.74 Å². The van der Waals surface area contributed by atoms with Crippen molar-refractivity contribution >= 4 is 32.6 Å². The molecule has 3 nitrogen and oxygen atoms in total. The van der Waals surface area contributed by atoms with Crippen molar-refractivity contribution in [1.82, 2.24) is 4.98 Å². The molecule has 0 aliphatic carbocycles. The van der Waals surface area contributed by atoms with Crippen LogP contribution in [0.2, 0.25) is 0 Å². The fourth-order valence-corrected chi connectivity index (χ4v) is 2.47. The van der Waals surface area contributed by atoms with Crippen LogP contribution in [0.1, 0.15) is 16.1 Å². The van der Waals surface area contributed by atoms with E-state index in [1.165, 1.54) is 13.2 Å². The number of alkyl halides is 6. The second-order valence-electron chi connectivity index (χ2n) is 4.23. The maximum atomic E-state index is 13.0. The topological polar surface area (TPSA) is 42.1 Å². The van der Waals surface area contributed by atoms with Gasteiger partial charge in [0.1, 0.15) is 11.4 Å². The van der Waals surface area contributed by atoms with Crippen LogP contribution < -0.4 is 4.74 Å². The predicted octanol–water partition coefficient (Wildman–Crippen LogP) is 4.70. The minimum absolute atomic E-state index is 0.00308. The van der Waals surface area contributed by atoms with Crippen LogP contribution in [0.3, 0.4) is 0 Å². The van der Waals surface area contributed by atoms with Crippen molar-refractivity contribution in [1.29, 1.82) is 0 Å². The number of carbonyl (C=O) groups excluding carboxylic acids is 1. The van der Waals surface area contributed by atoms with Gasteiger partial charge in [0.15, 0.2) is 0 Å². The van der Waals surface area contributed by atoms with Gasteiger partial charge in [-0.15, -0.1) is 0 Å². The van der Waals surface area contributed by atoms with E-state index in [1.54, 1.807) is 0 Å². The van der Waals surface area contributed by atoms with Crippen molar-refractivity contribution in [3.8, 4) is 5.75 Å². The van der Waals surface area contributed by atoms with E-state index in [0.717, 1.165) is 6.07 Å². The lowest BCUT2D eigenvalue weighted by Crippen LogP contribution is -2.25. The van der Waals surface area contributed by atoms with Crippen molar-refractivity contribution in [2.24, 2.45) is 0 Å². The molecule has 1 N–H and O–H groups in total. The number of fused-ring (bicyclic) bond motifs is 1. The summed E-state index contributed by atoms with van der Waals surface area (Å²) in [6, 6.07) is 2.20. The molecule has 1 aromatic carbocycles. The maximum Gasteiger partial charge on any atom is 0.454 e. The minimum Gasteiger partial charge on any atom is -0.497 e. The molecule has 0 atom stereocenters. The second-order valence-corrected chi connectivity index (χ2v) is 5.09. The van der Waals surface area contributed by atoms with Gasteiger partial charge in [0, 0.05) is 9.86 Å². The number of Topliss-reactive ketones (excluding diaryl/α,β-unsaturated/α-hetero) is 1. The summed E-state index contributed by atoms with van der Waals surface area (Å²) in [6.07, 6.45) is -10.6. The number of halogens is 7. The van der Waals surface area contributed by atoms with Crippen molar-refractivity contribution < 1.29 is 35.9 Å². The SMILES string of the molecule is COc1cc(Br)c2[nH]c(C(F)(F)F)c(C(=O)C(F)(F)F)c2c1. The first-order chi connectivity index (χ1) is 9.96. The van der Waals surface area contributed by atoms with Crippen LogP contribution in [0.4, 0.5) is 26.3 Å². The summed E-state index contributed by atoms with van der Waals surface area (Å²) in [7, 11) is 1.19. The molecule has 0 amide bonds. The highest BCUT2D eigenvalue weighted by Gasteiger charge is 2.47. The van der Waals surface area contributed by atoms with Crippen LogP contribution in [0.15, 0.2) is 16.6 Å². The lowest BCUT2D eigenvalue weighted by atomic mass is 10.1. The molecule has 1 aromatic heterocycles. The molecule has 0 unspecified atom stereocenters. The Balaban J connectivity index is 2.90. The number of benzene rings is 1. The summed E-state index contributed by atoms with van der Waals surface area (Å²) in [6.45, 7) is 0. The van der Waals surface area contributed by atoms with Crippen LogP contribution >= 0.6 is 15.9 Å². The van der Waals surface area contributed by atoms with E-state index in [0.29, 0.717) is 0 Å². The van der Waals surface area contributed by atoms with Gasteiger partial charge in [0.25, 0.3) is 5.78 Å². The Kier molecular flexibility index (Phi) is 3.92. The molecule has 1 heterocycles. The summed E-state index contributed by atoms with van der Waals surface area (Å²) in [5.74, 6) is -2.57. The molecule has 22 heavy (non-hydrogen) atoms. The molecule has 120 valence electrons. The van der Waals surface area contributed by atoms with E-state index in [9.17, 15) is 31.1 Å². The molecule has 0 spiro atoms. The molecular formula is C12H6BrF6NO2. The van der Waals surface area contributed by atoms with Gasteiger partial charge < -0.3 is 9.72 Å². The van der Waals surface area contributed by atoms with Crippen molar-refractivity contribution in [3.05, 3.63) is 27.9 Å². The number of nitrogens with one attached hydrogen (secondary N) is 1. The normalized spacial score (nSPS) is 12.7. The number of rotatable bonds is 2. The highest BCUT2D eigenvalue weighted by atomic mass is 79.9. The molecule has 2 aromatic rings. The molecule has 0 saturated heterocycles. The smallest absolute Gasteiger partial charge is 0.454 e. The van der Waals surface area contributed by atoms with Gasteiger partial charge in [-0.05, 0) is 28.1 Å². The average Bonchev–Trinajstić information content (AvgIpc) is 2.76. The number of aromatic nitrogens is 1. The summed E-state index contributed by atoms with van der Waals surface area (Å²) >= 11 is 2.93. The maximum absolute atomic E-state index is 13.0. The van der Waals surface area contributed by atoms with Gasteiger partial charge in [-0.2, -0.15) is 26.3 Å². The van der Waals surface area contributed by atoms with Gasteiger partial charge in [-0.25, -0.2) is 0 Å². The molecule has 0 aliphatic rings. The highest BCUT2D eigenvalue weighted by Crippen LogP contribution is 2.41. The number of methoxy groups -OCH3 is 1. The van der Waals surface area contributed by atoms with Crippen LogP contribution in [0, 0.1) is 0 Å². The Morgan fingerprint density at radius 1 is 1.18 bits per heavy atom. The van der Waals surface area contributed by atoms with Crippen molar-refractivity contribution in [3.63, 3.8) is 0 Å². The largest absolute Gasteiger partial charge is 0.497 e. The fourth-order valence-electron chi connectivity index (χ4n) is 1.94. The molecule has 0 saturated carbocycles. The Morgan fingerprint density at radius 2 is 1.77 bits per heavy atom. The Hall–Kier alpha value is -1.71. The summed E-state index contributed by atoms with van der Waals surface area (Å²) in [4.78, 5) is 13.2. The second kappa shape index (κ2) is 5.18. The third-order valence-corrected chi connectivity index (χ3v) is 3.46. The number of hydrogen-bond acceptors (Lipinski definition) is 2. The zero-order valence-corrected chi connectivity index (χ0v) is 12.2. The first-order valence-electron chi connectivity index (χ1n) is 5.54. The van der Waals surface area contributed by atoms with Gasteiger partial charge in [-0.1, -0.05) is 0 Å². The molecular weight excluding hydrogens is 384 g/mol. The predicted molar refractivity (Wildman–Crippen MR) is 67.9 cm³/mol. The number of aromatic amines is 1. The van der Waals surface area contributed by atoms with E-state index in [-0.39, 0.29) is 15.7 Å². The zero-order chi connectivity index (χ0) is 16.9. The molecule has 0 fully saturated rings. The van der Waals surface area contributed by atoms with E-state index in [1.807, 2.05) is 4.98 Å². The number of carbonyl (C=O) groups is 1. The quantitative estimate of drug-likeness (QED) is 0.597. The third-order valence-electron chi connectivity index (χ3n) is 2.84. The summed E-state index contributed by atoms with van der Waals surface area (Å²) in [5, 5.41) is -0.527. The van der Waals surface area contributed by atoms with E-state index in [2.05, 4.69) is 15.9 Å². The minimum atomic E-state index is -5.44. The molecule has 0 aliphatic heterocycles. The van der Waals surface area contributed by atoms with Crippen molar-refractivity contribution in [2.75, 3.05) is 7.11 Å². The van der Waals surface area contributed by atoms with Crippen LogP contribution in [0.5, 0.6) is 5.75 Å². The Morgan fingerprint density at radius 3 is 2.23 bits per heavy atom. The molecule has 0 bridgehead atoms. The average molecular weight is 390 g/mol. The number of ether oxygens (including phenoxy) is 1. The van der Waals surface area contributed by atoms with E-state index < -0.39 is 34.8 Å². The van der Waals surface area contributed by atoms with Gasteiger partial charge in [0.05, 0.1) is 18.2 Å². The first kappa shape index (κ1) is 16.7. The van der Waals surface area contributed by atoms with Gasteiger partial charge in [0.2, 0.25) is 0 Å². The fraction of sp³-hybridized carbons (Fsp3) is 0.250. The van der Waals surface area contributed by atoms with Crippen LogP contribution in [-0.4, -0.2) is 24.1 Å². The van der Waals surface area contributed by atoms with Crippen molar-refractivity contribution in [2.45, 2.75) is 12.4 Å². The lowest BCUT2D eigenvalue weighted by molar-refractivity contribution is -0.141. The Labute approximate surface area is 127 Å². The molecule has 0 radical (unpaired) electrons. The number of H-pyrrole nitrogens is 1. The molecule has 10 heteroatoms. The summed E-state index contributed by atoms with van der Waals surface area (Å²) < 4.78 is 81.5. The number of ketones is 1. The monoisotopic (exact) mass is 389 g/mol. The standard InChI is InChI=1S/C12H6BrF6NO2/c1-22-4-2-5-7(10(21)12(17,18)19)9(11(14,15)16)20-8(5)6(13)3-4/h2-3,20H,1H3. The lowest BCUT2D eigenvalue weighted by Gasteiger charge is -2.09. The first-order valence-corrected chi connectivity index (χ1v) is 6.34. The van der Waals surface area contributed by atoms with E-state index >= 15 is 0 Å². The third kappa shape index (κ3) is 2.79. The Bertz CT molecular complexity index is 747. The highest BCUT2D eigenvalue weighted by molar-refractivity contribution is 9.10. The molecule has 2 rings (SSSR count). The van der Waals surface area contributed by atoms with Gasteiger partial charge >= 0.3 is 12.4 Å². The zero-order valence-electron chi connectivity index (χ0n) is 10.6. The van der Waals surface area contributed by atoms with Crippen LogP contribution in [0.25, 0.3) is 10.9 Å². The number of hydrogen-bond donors (Lipinski definition) is 1. The van der Waals surface area contributed by atoms with Crippen LogP contribution in [-0.2, 0) is 6.18 Å². The van der Waals surface area contributed by atoms with Gasteiger partial charge in [-0.3, -0.25) is 4.79 Å². The summed E-state index contributed by atoms with van der Waals surface area (Å²) in [5.41, 5.74) is -3.51.